The maximum absolute atomic E-state index is 12.8. The number of hydrogen-bond donors (Lipinski definition) is 3. The standard InChI is InChI=1S/C27H34N2O5/c1-19(2)34-24-11-7-21(8-12-24)18-25(27(32)28-15-16-30)29-26(31)22-9-13-23(14-10-22)33-17-3-4-20-5-6-20/h7-14,18-20,30H,3-6,15-17H2,1-2H3,(H,28,32)(H,29,31)/b25-18-. The molecule has 3 N–H and O–H groups in total. The smallest absolute Gasteiger partial charge is 0.267 e. The Bertz CT molecular complexity index is 964. The fourth-order valence-corrected chi connectivity index (χ4v) is 3.37. The summed E-state index contributed by atoms with van der Waals surface area (Å²) in [6, 6.07) is 14.1. The Morgan fingerprint density at radius 2 is 1.74 bits per heavy atom. The van der Waals surface area contributed by atoms with Crippen LogP contribution in [0.5, 0.6) is 11.5 Å². The molecular formula is C27H34N2O5. The van der Waals surface area contributed by atoms with E-state index in [1.54, 1.807) is 54.6 Å². The summed E-state index contributed by atoms with van der Waals surface area (Å²) in [6.45, 7) is 4.44. The van der Waals surface area contributed by atoms with E-state index in [-0.39, 0.29) is 25.0 Å². The summed E-state index contributed by atoms with van der Waals surface area (Å²) in [6.07, 6.45) is 6.57. The van der Waals surface area contributed by atoms with Gasteiger partial charge in [-0.3, -0.25) is 9.59 Å². The van der Waals surface area contributed by atoms with Crippen LogP contribution in [0.1, 0.15) is 55.5 Å². The van der Waals surface area contributed by atoms with Crippen LogP contribution in [0.2, 0.25) is 0 Å². The minimum absolute atomic E-state index is 0.0556. The van der Waals surface area contributed by atoms with E-state index >= 15 is 0 Å². The van der Waals surface area contributed by atoms with Crippen molar-refractivity contribution in [2.45, 2.75) is 45.6 Å². The second-order valence-corrected chi connectivity index (χ2v) is 8.69. The van der Waals surface area contributed by atoms with Gasteiger partial charge in [0.1, 0.15) is 17.2 Å². The highest BCUT2D eigenvalue weighted by Gasteiger charge is 2.20. The van der Waals surface area contributed by atoms with E-state index in [1.165, 1.54) is 19.3 Å². The molecule has 1 fully saturated rings. The molecule has 2 amide bonds. The molecule has 34 heavy (non-hydrogen) atoms. The second kappa shape index (κ2) is 12.8. The number of aliphatic hydroxyl groups excluding tert-OH is 1. The lowest BCUT2D eigenvalue weighted by atomic mass is 10.1. The van der Waals surface area contributed by atoms with Crippen molar-refractivity contribution in [3.63, 3.8) is 0 Å². The first-order valence-electron chi connectivity index (χ1n) is 11.9. The molecule has 7 nitrogen and oxygen atoms in total. The maximum Gasteiger partial charge on any atom is 0.267 e. The SMILES string of the molecule is CC(C)Oc1ccc(/C=C(\NC(=O)c2ccc(OCCCC3CC3)cc2)C(=O)NCCO)cc1. The lowest BCUT2D eigenvalue weighted by molar-refractivity contribution is -0.117. The van der Waals surface area contributed by atoms with Crippen LogP contribution in [-0.2, 0) is 4.79 Å². The third-order valence-corrected chi connectivity index (χ3v) is 5.29. The number of hydrogen-bond acceptors (Lipinski definition) is 5. The summed E-state index contributed by atoms with van der Waals surface area (Å²) in [5.74, 6) is 1.42. The number of amides is 2. The first-order chi connectivity index (χ1) is 16.4. The lowest BCUT2D eigenvalue weighted by Gasteiger charge is -2.12. The van der Waals surface area contributed by atoms with Crippen LogP contribution >= 0.6 is 0 Å². The molecule has 0 bridgehead atoms. The summed E-state index contributed by atoms with van der Waals surface area (Å²) < 4.78 is 11.4. The van der Waals surface area contributed by atoms with Gasteiger partial charge in [0.25, 0.3) is 11.8 Å². The van der Waals surface area contributed by atoms with Crippen LogP contribution in [0.4, 0.5) is 0 Å². The summed E-state index contributed by atoms with van der Waals surface area (Å²) >= 11 is 0. The quantitative estimate of drug-likeness (QED) is 0.307. The molecule has 0 unspecified atom stereocenters. The monoisotopic (exact) mass is 466 g/mol. The van der Waals surface area contributed by atoms with Gasteiger partial charge in [0.2, 0.25) is 0 Å². The van der Waals surface area contributed by atoms with Gasteiger partial charge in [0, 0.05) is 12.1 Å². The topological polar surface area (TPSA) is 96.9 Å². The summed E-state index contributed by atoms with van der Waals surface area (Å²) in [5, 5.41) is 14.3. The molecule has 0 heterocycles. The van der Waals surface area contributed by atoms with Gasteiger partial charge in [-0.05, 0) is 80.6 Å². The average molecular weight is 467 g/mol. The van der Waals surface area contributed by atoms with Gasteiger partial charge in [-0.25, -0.2) is 0 Å². The number of benzene rings is 2. The zero-order chi connectivity index (χ0) is 24.3. The van der Waals surface area contributed by atoms with E-state index in [9.17, 15) is 9.59 Å². The van der Waals surface area contributed by atoms with E-state index in [4.69, 9.17) is 14.6 Å². The molecule has 7 heteroatoms. The number of carbonyl (C=O) groups is 2. The molecule has 2 aromatic rings. The molecule has 0 spiro atoms. The van der Waals surface area contributed by atoms with Gasteiger partial charge in [-0.15, -0.1) is 0 Å². The van der Waals surface area contributed by atoms with E-state index < -0.39 is 11.8 Å². The molecule has 1 aliphatic rings. The Morgan fingerprint density at radius 3 is 2.35 bits per heavy atom. The summed E-state index contributed by atoms with van der Waals surface area (Å²) in [5.41, 5.74) is 1.21. The van der Waals surface area contributed by atoms with Crippen LogP contribution in [0.3, 0.4) is 0 Å². The first-order valence-corrected chi connectivity index (χ1v) is 11.9. The molecular weight excluding hydrogens is 432 g/mol. The third-order valence-electron chi connectivity index (χ3n) is 5.29. The molecule has 2 aromatic carbocycles. The Labute approximate surface area is 201 Å². The van der Waals surface area contributed by atoms with Gasteiger partial charge >= 0.3 is 0 Å². The molecule has 1 saturated carbocycles. The molecule has 0 radical (unpaired) electrons. The fraction of sp³-hybridized carbons (Fsp3) is 0.407. The Morgan fingerprint density at radius 1 is 1.06 bits per heavy atom. The zero-order valence-electron chi connectivity index (χ0n) is 19.9. The Balaban J connectivity index is 1.64. The third kappa shape index (κ3) is 8.56. The summed E-state index contributed by atoms with van der Waals surface area (Å²) in [7, 11) is 0. The van der Waals surface area contributed by atoms with Crippen molar-refractivity contribution >= 4 is 17.9 Å². The fourth-order valence-electron chi connectivity index (χ4n) is 3.37. The zero-order valence-corrected chi connectivity index (χ0v) is 19.9. The highest BCUT2D eigenvalue weighted by atomic mass is 16.5. The van der Waals surface area contributed by atoms with Gasteiger partial charge in [-0.2, -0.15) is 0 Å². The van der Waals surface area contributed by atoms with Crippen molar-refractivity contribution in [1.82, 2.24) is 10.6 Å². The molecule has 1 aliphatic carbocycles. The van der Waals surface area contributed by atoms with Crippen molar-refractivity contribution in [1.29, 1.82) is 0 Å². The second-order valence-electron chi connectivity index (χ2n) is 8.69. The van der Waals surface area contributed by atoms with Gasteiger partial charge in [0.05, 0.1) is 19.3 Å². The van der Waals surface area contributed by atoms with E-state index in [0.717, 1.165) is 23.7 Å². The number of rotatable bonds is 13. The molecule has 0 aromatic heterocycles. The number of ether oxygens (including phenoxy) is 2. The first kappa shape index (κ1) is 25.3. The molecule has 3 rings (SSSR count). The predicted octanol–water partition coefficient (Wildman–Crippen LogP) is 3.92. The van der Waals surface area contributed by atoms with Crippen molar-refractivity contribution in [2.24, 2.45) is 5.92 Å². The summed E-state index contributed by atoms with van der Waals surface area (Å²) in [4.78, 5) is 25.4. The normalized spacial score (nSPS) is 13.5. The van der Waals surface area contributed by atoms with E-state index in [0.29, 0.717) is 17.9 Å². The predicted molar refractivity (Wildman–Crippen MR) is 132 cm³/mol. The van der Waals surface area contributed by atoms with Crippen LogP contribution in [-0.4, -0.2) is 42.8 Å². The molecule has 0 saturated heterocycles. The van der Waals surface area contributed by atoms with Gasteiger partial charge in [0.15, 0.2) is 0 Å². The van der Waals surface area contributed by atoms with Crippen molar-refractivity contribution in [2.75, 3.05) is 19.8 Å². The van der Waals surface area contributed by atoms with Crippen molar-refractivity contribution in [3.05, 3.63) is 65.4 Å². The molecule has 182 valence electrons. The largest absolute Gasteiger partial charge is 0.494 e. The lowest BCUT2D eigenvalue weighted by Crippen LogP contribution is -2.36. The number of aliphatic hydroxyl groups is 1. The maximum atomic E-state index is 12.8. The highest BCUT2D eigenvalue weighted by molar-refractivity contribution is 6.05. The van der Waals surface area contributed by atoms with E-state index in [1.807, 2.05) is 13.8 Å². The van der Waals surface area contributed by atoms with Crippen LogP contribution in [0.25, 0.3) is 6.08 Å². The number of carbonyl (C=O) groups excluding carboxylic acids is 2. The van der Waals surface area contributed by atoms with Crippen molar-refractivity contribution in [3.8, 4) is 11.5 Å². The average Bonchev–Trinajstić information content (AvgIpc) is 3.65. The van der Waals surface area contributed by atoms with Crippen LogP contribution in [0, 0.1) is 5.92 Å². The Kier molecular flexibility index (Phi) is 9.52. The van der Waals surface area contributed by atoms with Gasteiger partial charge in [-0.1, -0.05) is 25.0 Å². The van der Waals surface area contributed by atoms with Crippen molar-refractivity contribution < 1.29 is 24.2 Å². The van der Waals surface area contributed by atoms with E-state index in [2.05, 4.69) is 10.6 Å². The minimum atomic E-state index is -0.486. The highest BCUT2D eigenvalue weighted by Crippen LogP contribution is 2.33. The Hall–Kier alpha value is -3.32. The molecule has 0 aliphatic heterocycles. The van der Waals surface area contributed by atoms with Gasteiger partial charge < -0.3 is 25.2 Å². The molecule has 0 atom stereocenters. The number of nitrogens with one attached hydrogen (secondary N) is 2. The van der Waals surface area contributed by atoms with Crippen LogP contribution in [0.15, 0.2) is 54.2 Å². The minimum Gasteiger partial charge on any atom is -0.494 e. The van der Waals surface area contributed by atoms with Crippen LogP contribution < -0.4 is 20.1 Å².